The van der Waals surface area contributed by atoms with Crippen LogP contribution < -0.4 is 24.8 Å². The quantitative estimate of drug-likeness (QED) is 0.296. The minimum absolute atomic E-state index is 0.00337. The van der Waals surface area contributed by atoms with Gasteiger partial charge in [-0.1, -0.05) is 17.7 Å². The molecule has 3 aliphatic rings. The van der Waals surface area contributed by atoms with Crippen LogP contribution in [0.25, 0.3) is 10.8 Å². The fourth-order valence-electron chi connectivity index (χ4n) is 5.57. The number of methoxy groups -OCH3 is 1. The molecule has 3 N–H and O–H groups in total. The van der Waals surface area contributed by atoms with Crippen LogP contribution in [0.5, 0.6) is 11.6 Å². The lowest BCUT2D eigenvalue weighted by Gasteiger charge is -2.27. The van der Waals surface area contributed by atoms with Gasteiger partial charge in [0.2, 0.25) is 27.7 Å². The van der Waals surface area contributed by atoms with Gasteiger partial charge in [-0.3, -0.25) is 19.1 Å². The molecule has 254 valence electrons. The summed E-state index contributed by atoms with van der Waals surface area (Å²) in [7, 11) is -2.38. The topological polar surface area (TPSA) is 182 Å². The minimum atomic E-state index is -3.89. The van der Waals surface area contributed by atoms with E-state index < -0.39 is 74.8 Å². The van der Waals surface area contributed by atoms with Gasteiger partial charge in [-0.15, -0.1) is 6.58 Å². The van der Waals surface area contributed by atoms with Crippen LogP contribution in [0.4, 0.5) is 4.79 Å². The Morgan fingerprint density at radius 2 is 1.91 bits per heavy atom. The summed E-state index contributed by atoms with van der Waals surface area (Å²) in [6.45, 7) is 8.20. The zero-order chi connectivity index (χ0) is 34.3. The summed E-state index contributed by atoms with van der Waals surface area (Å²) in [5, 5.41) is 6.14. The second-order valence-corrected chi connectivity index (χ2v) is 15.3. The Bertz CT molecular complexity index is 1730. The minimum Gasteiger partial charge on any atom is -0.494 e. The Morgan fingerprint density at radius 1 is 1.19 bits per heavy atom. The highest BCUT2D eigenvalue weighted by atomic mass is 35.5. The summed E-state index contributed by atoms with van der Waals surface area (Å²) in [4.78, 5) is 58.5. The zero-order valence-electron chi connectivity index (χ0n) is 26.5. The second kappa shape index (κ2) is 12.8. The van der Waals surface area contributed by atoms with Crippen molar-refractivity contribution in [1.29, 1.82) is 0 Å². The molecule has 2 saturated carbocycles. The van der Waals surface area contributed by atoms with Gasteiger partial charge in [0.05, 0.1) is 25.1 Å². The van der Waals surface area contributed by atoms with Gasteiger partial charge in [-0.25, -0.2) is 18.2 Å². The van der Waals surface area contributed by atoms with Crippen LogP contribution in [-0.4, -0.2) is 90.9 Å². The molecule has 2 aromatic rings. The maximum atomic E-state index is 13.9. The molecule has 1 aliphatic heterocycles. The fraction of sp³-hybridized carbons (Fsp3) is 0.516. The second-order valence-electron chi connectivity index (χ2n) is 12.9. The van der Waals surface area contributed by atoms with Crippen LogP contribution in [0.3, 0.4) is 0 Å². The van der Waals surface area contributed by atoms with Gasteiger partial charge < -0.3 is 29.7 Å². The predicted molar refractivity (Wildman–Crippen MR) is 171 cm³/mol. The molecule has 4 atom stereocenters. The Morgan fingerprint density at radius 3 is 2.53 bits per heavy atom. The molecule has 4 amide bonds. The SMILES string of the molecule is C=C[C@@H]1C[C@]1(NC(=O)[C@@H]1C[C@@H](Oc2ncc(OC)c3ccc(Cl)cc23)CN1C(=O)CNC(=O)OC(C)(C)C)C(=O)NS(=O)(=O)C1CC1. The molecule has 5 rings (SSSR count). The van der Waals surface area contributed by atoms with Crippen LogP contribution in [-0.2, 0) is 29.1 Å². The number of fused-ring (bicyclic) bond motifs is 1. The van der Waals surface area contributed by atoms with Gasteiger partial charge in [0.15, 0.2) is 0 Å². The van der Waals surface area contributed by atoms with Crippen molar-refractivity contribution in [2.75, 3.05) is 20.2 Å². The Hall–Kier alpha value is -4.11. The standard InChI is InChI=1S/C31H38ClN5O9S/c1-6-17-13-31(17,28(40)36-47(42,43)20-8-9-20)35-26(39)23-12-19(16-37(23)25(38)15-34-29(41)46-30(2,3)4)45-27-22-11-18(32)7-10-21(22)24(44-5)14-33-27/h6-7,10-11,14,17,19-20,23H,1,8-9,12-13,15-16H2,2-5H3,(H,34,41)(H,35,39)(H,36,40)/t17-,19-,23+,31-/m1/s1. The number of carbonyl (C=O) groups excluding carboxylic acids is 4. The Balaban J connectivity index is 1.38. The highest BCUT2D eigenvalue weighted by Gasteiger charge is 2.62. The van der Waals surface area contributed by atoms with Gasteiger partial charge in [-0.05, 0) is 58.2 Å². The Labute approximate surface area is 277 Å². The Kier molecular flexibility index (Phi) is 9.34. The molecule has 0 radical (unpaired) electrons. The summed E-state index contributed by atoms with van der Waals surface area (Å²) in [5.74, 6) is -1.99. The third kappa shape index (κ3) is 7.56. The van der Waals surface area contributed by atoms with Crippen LogP contribution >= 0.6 is 11.6 Å². The summed E-state index contributed by atoms with van der Waals surface area (Å²) < 4.78 is 44.1. The first-order valence-corrected chi connectivity index (χ1v) is 17.0. The van der Waals surface area contributed by atoms with E-state index >= 15 is 0 Å². The van der Waals surface area contributed by atoms with Gasteiger partial charge in [0.1, 0.15) is 35.6 Å². The van der Waals surface area contributed by atoms with Crippen LogP contribution in [0.15, 0.2) is 37.1 Å². The monoisotopic (exact) mass is 691 g/mol. The predicted octanol–water partition coefficient (Wildman–Crippen LogP) is 2.44. The number of alkyl carbamates (subject to hydrolysis) is 1. The number of nitrogens with one attached hydrogen (secondary N) is 3. The normalized spacial score (nSPS) is 23.9. The van der Waals surface area contributed by atoms with Crippen LogP contribution in [0.2, 0.25) is 5.02 Å². The zero-order valence-corrected chi connectivity index (χ0v) is 28.1. The third-order valence-corrected chi connectivity index (χ3v) is 10.2. The molecule has 0 unspecified atom stereocenters. The number of nitrogens with zero attached hydrogens (tertiary/aromatic N) is 2. The number of carbonyl (C=O) groups is 4. The summed E-state index contributed by atoms with van der Waals surface area (Å²) >= 11 is 6.26. The molecular formula is C31H38ClN5O9S. The molecule has 16 heteroatoms. The van der Waals surface area contributed by atoms with E-state index in [2.05, 4.69) is 26.9 Å². The van der Waals surface area contributed by atoms with Crippen molar-refractivity contribution in [2.45, 2.75) is 75.0 Å². The number of halogens is 1. The molecule has 47 heavy (non-hydrogen) atoms. The molecule has 0 spiro atoms. The molecular weight excluding hydrogens is 654 g/mol. The molecule has 2 heterocycles. The van der Waals surface area contributed by atoms with Crippen molar-refractivity contribution in [3.63, 3.8) is 0 Å². The molecule has 1 aromatic carbocycles. The van der Waals surface area contributed by atoms with Gasteiger partial charge in [-0.2, -0.15) is 0 Å². The van der Waals surface area contributed by atoms with E-state index in [-0.39, 0.29) is 25.3 Å². The number of hydrogen-bond acceptors (Lipinski definition) is 10. The van der Waals surface area contributed by atoms with Crippen molar-refractivity contribution in [3.8, 4) is 11.6 Å². The lowest BCUT2D eigenvalue weighted by atomic mass is 10.1. The number of pyridine rings is 1. The first-order chi connectivity index (χ1) is 22.1. The lowest BCUT2D eigenvalue weighted by molar-refractivity contribution is -0.139. The fourth-order valence-corrected chi connectivity index (χ4v) is 7.10. The largest absolute Gasteiger partial charge is 0.494 e. The molecule has 14 nitrogen and oxygen atoms in total. The van der Waals surface area contributed by atoms with Crippen LogP contribution in [0.1, 0.15) is 46.5 Å². The van der Waals surface area contributed by atoms with E-state index in [9.17, 15) is 27.6 Å². The van der Waals surface area contributed by atoms with Crippen molar-refractivity contribution in [3.05, 3.63) is 42.1 Å². The van der Waals surface area contributed by atoms with Crippen molar-refractivity contribution < 1.29 is 41.8 Å². The number of amides is 4. The summed E-state index contributed by atoms with van der Waals surface area (Å²) in [6.07, 6.45) is 2.44. The number of sulfonamides is 1. The first-order valence-electron chi connectivity index (χ1n) is 15.1. The van der Waals surface area contributed by atoms with Gasteiger partial charge in [0, 0.05) is 28.1 Å². The average molecular weight is 692 g/mol. The molecule has 3 fully saturated rings. The average Bonchev–Trinajstić information content (AvgIpc) is 3.92. The van der Waals surface area contributed by atoms with E-state index in [1.54, 1.807) is 39.0 Å². The van der Waals surface area contributed by atoms with E-state index in [0.717, 1.165) is 0 Å². The molecule has 0 bridgehead atoms. The smallest absolute Gasteiger partial charge is 0.408 e. The maximum Gasteiger partial charge on any atom is 0.408 e. The van der Waals surface area contributed by atoms with E-state index in [1.807, 2.05) is 0 Å². The maximum absolute atomic E-state index is 13.9. The number of likely N-dealkylation sites (tertiary alicyclic amines) is 1. The molecule has 1 saturated heterocycles. The number of aromatic nitrogens is 1. The summed E-state index contributed by atoms with van der Waals surface area (Å²) in [5.41, 5.74) is -2.35. The van der Waals surface area contributed by atoms with E-state index in [4.69, 9.17) is 25.8 Å². The first kappa shape index (κ1) is 34.2. The van der Waals surface area contributed by atoms with Gasteiger partial charge >= 0.3 is 6.09 Å². The number of hydrogen-bond donors (Lipinski definition) is 3. The van der Waals surface area contributed by atoms with Gasteiger partial charge in [0.25, 0.3) is 5.91 Å². The van der Waals surface area contributed by atoms with Crippen LogP contribution in [0, 0.1) is 5.92 Å². The van der Waals surface area contributed by atoms with Crippen molar-refractivity contribution >= 4 is 56.2 Å². The number of ether oxygens (including phenoxy) is 3. The molecule has 1 aromatic heterocycles. The highest BCUT2D eigenvalue weighted by molar-refractivity contribution is 7.91. The van der Waals surface area contributed by atoms with Crippen molar-refractivity contribution in [1.82, 2.24) is 25.2 Å². The van der Waals surface area contributed by atoms with E-state index in [0.29, 0.717) is 34.4 Å². The molecule has 2 aliphatic carbocycles. The van der Waals surface area contributed by atoms with Crippen molar-refractivity contribution in [2.24, 2.45) is 5.92 Å². The highest BCUT2D eigenvalue weighted by Crippen LogP contribution is 2.45. The van der Waals surface area contributed by atoms with E-state index in [1.165, 1.54) is 24.3 Å². The third-order valence-electron chi connectivity index (χ3n) is 8.19. The number of benzene rings is 1. The summed E-state index contributed by atoms with van der Waals surface area (Å²) in [6, 6.07) is 3.97. The number of rotatable bonds is 11. The lowest BCUT2D eigenvalue weighted by Crippen LogP contribution is -2.57.